The first-order valence-electron chi connectivity index (χ1n) is 6.66. The van der Waals surface area contributed by atoms with Crippen LogP contribution in [0.25, 0.3) is 0 Å². The van der Waals surface area contributed by atoms with Crippen LogP contribution in [-0.2, 0) is 4.74 Å². The molecular formula is C13H26N2O3. The lowest BCUT2D eigenvalue weighted by molar-refractivity contribution is 0.0464. The summed E-state index contributed by atoms with van der Waals surface area (Å²) >= 11 is 0. The van der Waals surface area contributed by atoms with E-state index in [0.29, 0.717) is 6.54 Å². The highest BCUT2D eigenvalue weighted by atomic mass is 16.6. The number of piperidine rings is 1. The second-order valence-electron chi connectivity index (χ2n) is 6.07. The van der Waals surface area contributed by atoms with E-state index in [1.54, 1.807) is 6.92 Å². The van der Waals surface area contributed by atoms with E-state index in [1.807, 2.05) is 20.8 Å². The molecule has 1 amide bonds. The fourth-order valence-electron chi connectivity index (χ4n) is 2.11. The van der Waals surface area contributed by atoms with Gasteiger partial charge in [-0.15, -0.1) is 0 Å². The Morgan fingerprint density at radius 1 is 1.44 bits per heavy atom. The van der Waals surface area contributed by atoms with Crippen molar-refractivity contribution in [2.75, 3.05) is 19.6 Å². The van der Waals surface area contributed by atoms with Crippen molar-refractivity contribution in [2.45, 2.75) is 58.3 Å². The topological polar surface area (TPSA) is 61.8 Å². The van der Waals surface area contributed by atoms with Crippen LogP contribution in [-0.4, -0.2) is 53.5 Å². The normalized spacial score (nSPS) is 20.5. The summed E-state index contributed by atoms with van der Waals surface area (Å²) in [6.45, 7) is 9.90. The highest BCUT2D eigenvalue weighted by Gasteiger charge is 2.23. The van der Waals surface area contributed by atoms with Gasteiger partial charge in [0.25, 0.3) is 0 Å². The minimum Gasteiger partial charge on any atom is -0.444 e. The van der Waals surface area contributed by atoms with Gasteiger partial charge in [-0.25, -0.2) is 4.79 Å². The number of rotatable bonds is 3. The number of hydrogen-bond acceptors (Lipinski definition) is 4. The second-order valence-corrected chi connectivity index (χ2v) is 6.07. The number of ether oxygens (including phenoxy) is 1. The molecule has 0 aromatic heterocycles. The van der Waals surface area contributed by atoms with Gasteiger partial charge >= 0.3 is 6.09 Å². The highest BCUT2D eigenvalue weighted by molar-refractivity contribution is 5.68. The minimum atomic E-state index is -0.447. The number of nitrogens with one attached hydrogen (secondary N) is 1. The lowest BCUT2D eigenvalue weighted by Crippen LogP contribution is -2.47. The molecule has 0 aromatic carbocycles. The number of aliphatic hydroxyl groups excluding tert-OH is 1. The van der Waals surface area contributed by atoms with Gasteiger partial charge in [-0.1, -0.05) is 0 Å². The SMILES string of the molecule is CC(O)CN1CCC(NC(=O)OC(C)(C)C)CC1. The smallest absolute Gasteiger partial charge is 0.407 e. The van der Waals surface area contributed by atoms with Gasteiger partial charge in [0.1, 0.15) is 5.60 Å². The Hall–Kier alpha value is -0.810. The van der Waals surface area contributed by atoms with Crippen LogP contribution < -0.4 is 5.32 Å². The van der Waals surface area contributed by atoms with Crippen LogP contribution >= 0.6 is 0 Å². The minimum absolute atomic E-state index is 0.185. The molecule has 1 rings (SSSR count). The van der Waals surface area contributed by atoms with Crippen LogP contribution in [0.5, 0.6) is 0 Å². The fraction of sp³-hybridized carbons (Fsp3) is 0.923. The quantitative estimate of drug-likeness (QED) is 0.802. The van der Waals surface area contributed by atoms with E-state index >= 15 is 0 Å². The summed E-state index contributed by atoms with van der Waals surface area (Å²) in [5.74, 6) is 0. The summed E-state index contributed by atoms with van der Waals surface area (Å²) in [4.78, 5) is 13.8. The van der Waals surface area contributed by atoms with Crippen LogP contribution in [0.4, 0.5) is 4.79 Å². The molecule has 5 heteroatoms. The van der Waals surface area contributed by atoms with Crippen molar-refractivity contribution >= 4 is 6.09 Å². The zero-order chi connectivity index (χ0) is 13.8. The van der Waals surface area contributed by atoms with Gasteiger partial charge in [-0.05, 0) is 40.5 Å². The predicted molar refractivity (Wildman–Crippen MR) is 70.5 cm³/mol. The average molecular weight is 258 g/mol. The molecule has 0 saturated carbocycles. The number of alkyl carbamates (subject to hydrolysis) is 1. The molecule has 2 N–H and O–H groups in total. The third-order valence-corrected chi connectivity index (χ3v) is 2.83. The van der Waals surface area contributed by atoms with Crippen molar-refractivity contribution in [1.29, 1.82) is 0 Å². The Balaban J connectivity index is 2.25. The number of carbonyl (C=O) groups is 1. The van der Waals surface area contributed by atoms with E-state index in [0.717, 1.165) is 25.9 Å². The zero-order valence-corrected chi connectivity index (χ0v) is 11.9. The number of aliphatic hydroxyl groups is 1. The van der Waals surface area contributed by atoms with E-state index in [1.165, 1.54) is 0 Å². The maximum absolute atomic E-state index is 11.6. The summed E-state index contributed by atoms with van der Waals surface area (Å²) in [6.07, 6.45) is 1.19. The molecular weight excluding hydrogens is 232 g/mol. The van der Waals surface area contributed by atoms with Gasteiger partial charge in [0.05, 0.1) is 6.10 Å². The second kappa shape index (κ2) is 6.38. The Bertz CT molecular complexity index is 266. The molecule has 18 heavy (non-hydrogen) atoms. The van der Waals surface area contributed by atoms with Crippen LogP contribution in [0.1, 0.15) is 40.5 Å². The van der Waals surface area contributed by atoms with Crippen LogP contribution in [0, 0.1) is 0 Å². The number of β-amino-alcohol motifs (C(OH)–C–C–N with tert-alkyl or cyclic N) is 1. The van der Waals surface area contributed by atoms with Crippen molar-refractivity contribution < 1.29 is 14.6 Å². The van der Waals surface area contributed by atoms with E-state index in [9.17, 15) is 9.90 Å². The van der Waals surface area contributed by atoms with Crippen molar-refractivity contribution in [3.05, 3.63) is 0 Å². The molecule has 0 spiro atoms. The first kappa shape index (κ1) is 15.2. The number of nitrogens with zero attached hydrogens (tertiary/aromatic N) is 1. The molecule has 5 nitrogen and oxygen atoms in total. The number of amides is 1. The molecule has 1 aliphatic rings. The van der Waals surface area contributed by atoms with Crippen molar-refractivity contribution in [3.63, 3.8) is 0 Å². The summed E-state index contributed by atoms with van der Waals surface area (Å²) in [7, 11) is 0. The number of hydrogen-bond donors (Lipinski definition) is 2. The van der Waals surface area contributed by atoms with E-state index in [-0.39, 0.29) is 18.2 Å². The van der Waals surface area contributed by atoms with Gasteiger partial charge in [-0.2, -0.15) is 0 Å². The summed E-state index contributed by atoms with van der Waals surface area (Å²) in [6, 6.07) is 0.185. The zero-order valence-electron chi connectivity index (χ0n) is 11.9. The van der Waals surface area contributed by atoms with Gasteiger partial charge in [-0.3, -0.25) is 0 Å². The molecule has 0 aliphatic carbocycles. The lowest BCUT2D eigenvalue weighted by atomic mass is 10.1. The Morgan fingerprint density at radius 3 is 2.44 bits per heavy atom. The highest BCUT2D eigenvalue weighted by Crippen LogP contribution is 2.12. The van der Waals surface area contributed by atoms with Crippen LogP contribution in [0.2, 0.25) is 0 Å². The van der Waals surface area contributed by atoms with Crippen molar-refractivity contribution in [2.24, 2.45) is 0 Å². The molecule has 0 radical (unpaired) electrons. The van der Waals surface area contributed by atoms with Gasteiger partial charge in [0, 0.05) is 25.7 Å². The summed E-state index contributed by atoms with van der Waals surface area (Å²) in [5.41, 5.74) is -0.447. The summed E-state index contributed by atoms with van der Waals surface area (Å²) < 4.78 is 5.23. The third-order valence-electron chi connectivity index (χ3n) is 2.83. The van der Waals surface area contributed by atoms with Crippen molar-refractivity contribution in [3.8, 4) is 0 Å². The molecule has 1 fully saturated rings. The fourth-order valence-corrected chi connectivity index (χ4v) is 2.11. The third kappa shape index (κ3) is 6.21. The molecule has 1 atom stereocenters. The summed E-state index contributed by atoms with van der Waals surface area (Å²) in [5, 5.41) is 12.2. The average Bonchev–Trinajstić information content (AvgIpc) is 2.17. The van der Waals surface area contributed by atoms with E-state index < -0.39 is 5.60 Å². The first-order valence-corrected chi connectivity index (χ1v) is 6.66. The number of carbonyl (C=O) groups excluding carboxylic acids is 1. The molecule has 1 saturated heterocycles. The van der Waals surface area contributed by atoms with Gasteiger partial charge in [0.2, 0.25) is 0 Å². The maximum Gasteiger partial charge on any atom is 0.407 e. The lowest BCUT2D eigenvalue weighted by Gasteiger charge is -2.33. The Kier molecular flexibility index (Phi) is 5.41. The number of likely N-dealkylation sites (tertiary alicyclic amines) is 1. The molecule has 1 aliphatic heterocycles. The molecule has 1 heterocycles. The largest absolute Gasteiger partial charge is 0.444 e. The monoisotopic (exact) mass is 258 g/mol. The predicted octanol–water partition coefficient (Wildman–Crippen LogP) is 1.36. The van der Waals surface area contributed by atoms with E-state index in [4.69, 9.17) is 4.74 Å². The van der Waals surface area contributed by atoms with Crippen molar-refractivity contribution in [1.82, 2.24) is 10.2 Å². The van der Waals surface area contributed by atoms with Crippen LogP contribution in [0.15, 0.2) is 0 Å². The Labute approximate surface area is 109 Å². The molecule has 106 valence electrons. The van der Waals surface area contributed by atoms with Gasteiger partial charge < -0.3 is 20.1 Å². The van der Waals surface area contributed by atoms with Crippen LogP contribution in [0.3, 0.4) is 0 Å². The molecule has 0 aromatic rings. The van der Waals surface area contributed by atoms with E-state index in [2.05, 4.69) is 10.2 Å². The van der Waals surface area contributed by atoms with Gasteiger partial charge in [0.15, 0.2) is 0 Å². The maximum atomic E-state index is 11.6. The Morgan fingerprint density at radius 2 is 2.00 bits per heavy atom. The molecule has 0 bridgehead atoms. The standard InChI is InChI=1S/C13H26N2O3/c1-10(16)9-15-7-5-11(6-8-15)14-12(17)18-13(2,3)4/h10-11,16H,5-9H2,1-4H3,(H,14,17). The molecule has 1 unspecified atom stereocenters. The first-order chi connectivity index (χ1) is 8.26.